The van der Waals surface area contributed by atoms with Crippen LogP contribution in [-0.4, -0.2) is 433 Å². The Morgan fingerprint density at radius 2 is 0.436 bits per heavy atom. The average molecular weight is 1690 g/mol. The molecule has 117 heavy (non-hydrogen) atoms. The SMILES string of the molecule is O=C(CCNCC(=O)N(CCO)CCNC(=O)CCN(CCNC(=O)CCN(CCC(=O)NCCN(CCC(=O)NCCN(CCO)C(=O)CNCCC(=O)NCCO)CCC(=O)NCCN(CCO)C(=O)CNCCC(=O)NCCO)Cc1ccc(S)cc1)CCC(=O)NCCN(CCO)C(=O)CNCCC(=O)NCCO)NCCO. The zero-order valence-electron chi connectivity index (χ0n) is 67.7. The van der Waals surface area contributed by atoms with Crippen molar-refractivity contribution in [2.24, 2.45) is 0 Å². The first kappa shape index (κ1) is 107. The van der Waals surface area contributed by atoms with Crippen molar-refractivity contribution < 1.29 is 108 Å². The highest BCUT2D eigenvalue weighted by Crippen LogP contribution is 2.12. The minimum absolute atomic E-state index is 0.00467. The summed E-state index contributed by atoms with van der Waals surface area (Å²) in [6, 6.07) is 7.36. The Balaban J connectivity index is 3.20. The van der Waals surface area contributed by atoms with Crippen LogP contribution in [0.4, 0.5) is 0 Å². The van der Waals surface area contributed by atoms with Crippen molar-refractivity contribution in [1.82, 2.24) is 109 Å². The maximum atomic E-state index is 13.7. The normalized spacial score (nSPS) is 11.0. The zero-order chi connectivity index (χ0) is 86.5. The standard InChI is InChI=1S/C73H133N21O22S/c95-45-25-84-60(103)5-15-74-53-70(113)91(41-49-99)37-21-80-64(107)9-29-88(30-10-65(108)81-22-38-92(42-50-100)71(114)54-75-16-6-61(104)85-26-46-96)35-19-78-68(111)13-33-90(57-58-1-3-59(117)4-2-58)34-14-69(112)79-20-36-89(31-11-66(109)82-23-39-93(43-51-101)72(115)55-76-17-7-62(105)86-27-47-97)32-12-67(110)83-24-40-94(44-52-102)73(116)56-77-18-8-63(106)87-28-48-98/h1-4,74-77,95-102,117H,5-57H2,(H,78,111)(H,79,112)(H,80,107)(H,81,108)(H,82,109)(H,83,110)(H,84,103)(H,85,104)(H,86,105)(H,87,106). The molecule has 0 aliphatic heterocycles. The van der Waals surface area contributed by atoms with Gasteiger partial charge in [0, 0.05) is 272 Å². The number of carbonyl (C=O) groups is 14. The number of hydrogen-bond acceptors (Lipinski definition) is 30. The predicted molar refractivity (Wildman–Crippen MR) is 433 cm³/mol. The van der Waals surface area contributed by atoms with Gasteiger partial charge in [-0.25, -0.2) is 0 Å². The van der Waals surface area contributed by atoms with Crippen LogP contribution in [-0.2, 0) is 73.7 Å². The lowest BCUT2D eigenvalue weighted by Crippen LogP contribution is -2.45. The van der Waals surface area contributed by atoms with E-state index in [0.29, 0.717) is 6.54 Å². The maximum Gasteiger partial charge on any atom is 0.236 e. The lowest BCUT2D eigenvalue weighted by atomic mass is 10.2. The maximum absolute atomic E-state index is 13.7. The van der Waals surface area contributed by atoms with Gasteiger partial charge in [0.15, 0.2) is 0 Å². The molecule has 0 unspecified atom stereocenters. The van der Waals surface area contributed by atoms with Gasteiger partial charge in [-0.1, -0.05) is 12.1 Å². The summed E-state index contributed by atoms with van der Waals surface area (Å²) in [7, 11) is 0. The molecule has 1 aromatic carbocycles. The van der Waals surface area contributed by atoms with E-state index in [9.17, 15) is 87.5 Å². The number of carbonyl (C=O) groups excluding carboxylic acids is 14. The van der Waals surface area contributed by atoms with E-state index in [1.54, 1.807) is 9.80 Å². The number of thiol groups is 1. The lowest BCUT2D eigenvalue weighted by molar-refractivity contribution is -0.131. The molecule has 0 spiro atoms. The van der Waals surface area contributed by atoms with Gasteiger partial charge >= 0.3 is 0 Å². The minimum atomic E-state index is -0.394. The van der Waals surface area contributed by atoms with Crippen molar-refractivity contribution in [3.05, 3.63) is 29.8 Å². The smallest absolute Gasteiger partial charge is 0.236 e. The van der Waals surface area contributed by atoms with E-state index in [1.807, 2.05) is 29.2 Å². The molecule has 0 aliphatic rings. The van der Waals surface area contributed by atoms with E-state index in [2.05, 4.69) is 87.1 Å². The third-order valence-corrected chi connectivity index (χ3v) is 17.7. The van der Waals surface area contributed by atoms with Crippen LogP contribution in [0.2, 0.25) is 0 Å². The largest absolute Gasteiger partial charge is 0.395 e. The summed E-state index contributed by atoms with van der Waals surface area (Å²) in [5, 5.41) is 113. The second-order valence-electron chi connectivity index (χ2n) is 26.6. The second-order valence-corrected chi connectivity index (χ2v) is 27.2. The first-order chi connectivity index (χ1) is 56.4. The van der Waals surface area contributed by atoms with Crippen LogP contribution in [0.5, 0.6) is 0 Å². The van der Waals surface area contributed by atoms with E-state index < -0.39 is 23.6 Å². The van der Waals surface area contributed by atoms with E-state index in [4.69, 9.17) is 20.4 Å². The minimum Gasteiger partial charge on any atom is -0.395 e. The Bertz CT molecular complexity index is 2700. The number of amides is 14. The number of aliphatic hydroxyl groups excluding tert-OH is 8. The van der Waals surface area contributed by atoms with Gasteiger partial charge in [0.25, 0.3) is 0 Å². The van der Waals surface area contributed by atoms with Gasteiger partial charge in [-0.15, -0.1) is 12.6 Å². The van der Waals surface area contributed by atoms with Crippen LogP contribution >= 0.6 is 12.6 Å². The molecule has 22 N–H and O–H groups in total. The monoisotopic (exact) mass is 1690 g/mol. The van der Waals surface area contributed by atoms with Crippen molar-refractivity contribution in [2.75, 3.05) is 275 Å². The van der Waals surface area contributed by atoms with Crippen LogP contribution in [0.1, 0.15) is 69.8 Å². The molecule has 1 aromatic rings. The molecule has 0 saturated heterocycles. The molecule has 14 amide bonds. The van der Waals surface area contributed by atoms with Crippen LogP contribution in [0.25, 0.3) is 0 Å². The molecule has 0 aliphatic carbocycles. The van der Waals surface area contributed by atoms with Gasteiger partial charge in [-0.3, -0.25) is 72.0 Å². The first-order valence-electron chi connectivity index (χ1n) is 39.9. The molecular weight excluding hydrogens is 1550 g/mol. The molecule has 0 saturated carbocycles. The topological polar surface area (TPSA) is 592 Å². The van der Waals surface area contributed by atoms with E-state index in [1.165, 1.54) is 19.6 Å². The average Bonchev–Trinajstić information content (AvgIpc) is 0.914. The predicted octanol–water partition coefficient (Wildman–Crippen LogP) is -11.9. The fraction of sp³-hybridized carbons (Fsp3) is 0.726. The van der Waals surface area contributed by atoms with Crippen molar-refractivity contribution in [3.8, 4) is 0 Å². The van der Waals surface area contributed by atoms with Crippen LogP contribution in [0, 0.1) is 0 Å². The molecular formula is C73H133N21O22S. The Morgan fingerprint density at radius 1 is 0.231 bits per heavy atom. The summed E-state index contributed by atoms with van der Waals surface area (Å²) < 4.78 is 0. The van der Waals surface area contributed by atoms with Gasteiger partial charge in [0.1, 0.15) is 0 Å². The molecule has 668 valence electrons. The second kappa shape index (κ2) is 70.6. The highest BCUT2D eigenvalue weighted by molar-refractivity contribution is 7.80. The van der Waals surface area contributed by atoms with Gasteiger partial charge < -0.3 is 145 Å². The van der Waals surface area contributed by atoms with Crippen molar-refractivity contribution in [1.29, 1.82) is 0 Å². The van der Waals surface area contributed by atoms with Crippen LogP contribution < -0.4 is 74.4 Å². The summed E-state index contributed by atoms with van der Waals surface area (Å²) in [6.07, 6.45) is -0.000390. The third-order valence-electron chi connectivity index (χ3n) is 17.4. The summed E-state index contributed by atoms with van der Waals surface area (Å²) in [5.41, 5.74) is 0.872. The highest BCUT2D eigenvalue weighted by Gasteiger charge is 2.22. The fourth-order valence-electron chi connectivity index (χ4n) is 11.0. The zero-order valence-corrected chi connectivity index (χ0v) is 68.6. The van der Waals surface area contributed by atoms with Crippen molar-refractivity contribution in [3.63, 3.8) is 0 Å². The van der Waals surface area contributed by atoms with Gasteiger partial charge in [0.05, 0.1) is 79.0 Å². The number of hydrogen-bond donors (Lipinski definition) is 23. The number of rotatable bonds is 74. The summed E-state index contributed by atoms with van der Waals surface area (Å²) >= 11 is 4.42. The molecule has 0 aromatic heterocycles. The quantitative estimate of drug-likeness (QED) is 0.0213. The van der Waals surface area contributed by atoms with E-state index in [-0.39, 0.29) is 399 Å². The van der Waals surface area contributed by atoms with E-state index in [0.717, 1.165) is 10.5 Å². The number of aliphatic hydroxyl groups is 8. The molecule has 0 fully saturated rings. The lowest BCUT2D eigenvalue weighted by Gasteiger charge is -2.25. The molecule has 44 heteroatoms. The highest BCUT2D eigenvalue weighted by atomic mass is 32.1. The number of nitrogens with zero attached hydrogens (tertiary/aromatic N) is 7. The molecule has 0 heterocycles. The van der Waals surface area contributed by atoms with Crippen LogP contribution in [0.15, 0.2) is 29.2 Å². The number of nitrogens with one attached hydrogen (secondary N) is 14. The fourth-order valence-corrected chi connectivity index (χ4v) is 11.2. The Kier molecular flexibility index (Phi) is 64.3. The van der Waals surface area contributed by atoms with Crippen molar-refractivity contribution in [2.45, 2.75) is 75.6 Å². The molecule has 0 atom stereocenters. The van der Waals surface area contributed by atoms with Gasteiger partial charge in [-0.2, -0.15) is 0 Å². The van der Waals surface area contributed by atoms with Gasteiger partial charge in [0.2, 0.25) is 82.7 Å². The Morgan fingerprint density at radius 3 is 0.658 bits per heavy atom. The van der Waals surface area contributed by atoms with Crippen molar-refractivity contribution >= 4 is 95.3 Å². The third kappa shape index (κ3) is 58.1. The number of benzene rings is 1. The first-order valence-corrected chi connectivity index (χ1v) is 40.3. The Hall–Kier alpha value is -8.45. The van der Waals surface area contributed by atoms with Gasteiger partial charge in [-0.05, 0) is 17.7 Å². The molecule has 43 nitrogen and oxygen atoms in total. The molecule has 0 radical (unpaired) electrons. The Labute approximate surface area is 690 Å². The summed E-state index contributed by atoms with van der Waals surface area (Å²) in [6.45, 7) is 0.365. The van der Waals surface area contributed by atoms with Crippen LogP contribution in [0.3, 0.4) is 0 Å². The molecule has 0 bridgehead atoms. The van der Waals surface area contributed by atoms with E-state index >= 15 is 0 Å². The summed E-state index contributed by atoms with van der Waals surface area (Å²) in [5.74, 6) is -5.03. The summed E-state index contributed by atoms with van der Waals surface area (Å²) in [4.78, 5) is 192. The molecule has 1 rings (SSSR count).